The Morgan fingerprint density at radius 2 is 1.78 bits per heavy atom. The van der Waals surface area contributed by atoms with Gasteiger partial charge < -0.3 is 10.2 Å². The first-order chi connectivity index (χ1) is 12.9. The first-order valence-corrected chi connectivity index (χ1v) is 10.8. The van der Waals surface area contributed by atoms with Crippen molar-refractivity contribution in [3.8, 4) is 0 Å². The molecule has 4 nitrogen and oxygen atoms in total. The molecular weight excluding hydrogens is 354 g/mol. The van der Waals surface area contributed by atoms with E-state index in [9.17, 15) is 4.79 Å². The summed E-state index contributed by atoms with van der Waals surface area (Å²) in [6, 6.07) is 9.20. The van der Waals surface area contributed by atoms with Gasteiger partial charge in [-0.25, -0.2) is 4.98 Å². The lowest BCUT2D eigenvalue weighted by atomic mass is 9.87. The molecule has 0 unspecified atom stereocenters. The van der Waals surface area contributed by atoms with Crippen molar-refractivity contribution in [3.05, 3.63) is 45.9 Å². The third-order valence-electron chi connectivity index (χ3n) is 5.60. The van der Waals surface area contributed by atoms with E-state index in [1.165, 1.54) is 24.1 Å². The molecule has 2 aliphatic rings. The van der Waals surface area contributed by atoms with E-state index < -0.39 is 0 Å². The van der Waals surface area contributed by atoms with Crippen molar-refractivity contribution in [2.45, 2.75) is 63.8 Å². The molecular formula is C22H29N3OS. The van der Waals surface area contributed by atoms with Gasteiger partial charge >= 0.3 is 0 Å². The van der Waals surface area contributed by atoms with E-state index in [-0.39, 0.29) is 17.4 Å². The molecule has 1 saturated carbocycles. The van der Waals surface area contributed by atoms with Gasteiger partial charge in [-0.3, -0.25) is 4.79 Å². The maximum Gasteiger partial charge on any atom is 0.263 e. The molecule has 1 saturated heterocycles. The molecule has 1 aliphatic carbocycles. The number of rotatable bonds is 4. The Morgan fingerprint density at radius 1 is 1.11 bits per heavy atom. The van der Waals surface area contributed by atoms with Gasteiger partial charge in [0.1, 0.15) is 4.88 Å². The summed E-state index contributed by atoms with van der Waals surface area (Å²) < 4.78 is 0. The van der Waals surface area contributed by atoms with Crippen molar-refractivity contribution in [1.29, 1.82) is 0 Å². The number of piperidine rings is 1. The van der Waals surface area contributed by atoms with Crippen LogP contribution >= 0.6 is 11.3 Å². The molecule has 1 aromatic carbocycles. The highest BCUT2D eigenvalue weighted by Crippen LogP contribution is 2.41. The Hall–Kier alpha value is -1.88. The Labute approximate surface area is 166 Å². The van der Waals surface area contributed by atoms with Crippen LogP contribution in [0.4, 0.5) is 5.69 Å². The average Bonchev–Trinajstić information content (AvgIpc) is 3.38. The first-order valence-electron chi connectivity index (χ1n) is 10.0. The summed E-state index contributed by atoms with van der Waals surface area (Å²) in [5.74, 6) is 0.664. The van der Waals surface area contributed by atoms with Crippen molar-refractivity contribution < 1.29 is 4.79 Å². The van der Waals surface area contributed by atoms with Crippen LogP contribution in [0.2, 0.25) is 0 Å². The second-order valence-corrected chi connectivity index (χ2v) is 9.93. The summed E-state index contributed by atoms with van der Waals surface area (Å²) in [7, 11) is 0. The second-order valence-electron chi connectivity index (χ2n) is 8.87. The van der Waals surface area contributed by atoms with Gasteiger partial charge in [-0.1, -0.05) is 32.9 Å². The fourth-order valence-electron chi connectivity index (χ4n) is 3.62. The van der Waals surface area contributed by atoms with Crippen LogP contribution in [0.15, 0.2) is 30.5 Å². The molecule has 1 aliphatic heterocycles. The van der Waals surface area contributed by atoms with Crippen molar-refractivity contribution in [2.75, 3.05) is 18.0 Å². The zero-order valence-electron chi connectivity index (χ0n) is 16.5. The van der Waals surface area contributed by atoms with Crippen molar-refractivity contribution in [2.24, 2.45) is 0 Å². The molecule has 2 heterocycles. The monoisotopic (exact) mass is 383 g/mol. The number of aromatic nitrogens is 1. The number of benzene rings is 1. The number of hydrogen-bond acceptors (Lipinski definition) is 4. The minimum atomic E-state index is 0.0485. The minimum absolute atomic E-state index is 0.0485. The van der Waals surface area contributed by atoms with Gasteiger partial charge in [0.2, 0.25) is 0 Å². The molecule has 144 valence electrons. The number of nitrogens with one attached hydrogen (secondary N) is 1. The minimum Gasteiger partial charge on any atom is -0.371 e. The van der Waals surface area contributed by atoms with E-state index in [4.69, 9.17) is 0 Å². The molecule has 2 fully saturated rings. The van der Waals surface area contributed by atoms with Crippen LogP contribution in [-0.2, 0) is 5.41 Å². The predicted octanol–water partition coefficient (Wildman–Crippen LogP) is 4.72. The first kappa shape index (κ1) is 18.5. The Balaban J connectivity index is 1.30. The maximum absolute atomic E-state index is 12.5. The molecule has 1 aromatic heterocycles. The van der Waals surface area contributed by atoms with E-state index in [1.54, 1.807) is 17.5 Å². The third kappa shape index (κ3) is 4.34. The number of amides is 1. The summed E-state index contributed by atoms with van der Waals surface area (Å²) in [5, 5.41) is 4.35. The van der Waals surface area contributed by atoms with Crippen molar-refractivity contribution >= 4 is 22.9 Å². The van der Waals surface area contributed by atoms with Gasteiger partial charge in [0.25, 0.3) is 5.91 Å². The SMILES string of the molecule is CC(C)(C)c1ccc(N2CCC(NC(=O)c3cnc(C4CC4)s3)CC2)cc1. The molecule has 0 radical (unpaired) electrons. The van der Waals surface area contributed by atoms with Crippen LogP contribution in [0.3, 0.4) is 0 Å². The predicted molar refractivity (Wildman–Crippen MR) is 112 cm³/mol. The summed E-state index contributed by atoms with van der Waals surface area (Å²) in [6.45, 7) is 8.69. The second kappa shape index (κ2) is 7.27. The van der Waals surface area contributed by atoms with E-state index in [1.807, 2.05) is 0 Å². The molecule has 4 rings (SSSR count). The van der Waals surface area contributed by atoms with E-state index in [0.29, 0.717) is 5.92 Å². The van der Waals surface area contributed by atoms with Gasteiger partial charge in [0.05, 0.1) is 11.2 Å². The fourth-order valence-corrected chi connectivity index (χ4v) is 4.61. The number of anilines is 1. The van der Waals surface area contributed by atoms with Crippen LogP contribution in [0.25, 0.3) is 0 Å². The highest BCUT2D eigenvalue weighted by Gasteiger charge is 2.28. The van der Waals surface area contributed by atoms with Gasteiger partial charge in [0.15, 0.2) is 0 Å². The van der Waals surface area contributed by atoms with Crippen LogP contribution in [0, 0.1) is 0 Å². The van der Waals surface area contributed by atoms with Crippen LogP contribution in [0.1, 0.15) is 72.6 Å². The third-order valence-corrected chi connectivity index (χ3v) is 6.76. The highest BCUT2D eigenvalue weighted by molar-refractivity contribution is 7.13. The van der Waals surface area contributed by atoms with Crippen LogP contribution in [0.5, 0.6) is 0 Å². The fraction of sp³-hybridized carbons (Fsp3) is 0.545. The number of thiazole rings is 1. The summed E-state index contributed by atoms with van der Waals surface area (Å²) in [5.41, 5.74) is 2.83. The molecule has 2 aromatic rings. The number of carbonyl (C=O) groups is 1. The molecule has 1 amide bonds. The van der Waals surface area contributed by atoms with Crippen LogP contribution < -0.4 is 10.2 Å². The van der Waals surface area contributed by atoms with E-state index >= 15 is 0 Å². The van der Waals surface area contributed by atoms with Gasteiger partial charge in [-0.2, -0.15) is 0 Å². The summed E-state index contributed by atoms with van der Waals surface area (Å²) in [4.78, 5) is 20.1. The van der Waals surface area contributed by atoms with Crippen molar-refractivity contribution in [3.63, 3.8) is 0 Å². The van der Waals surface area contributed by atoms with E-state index in [0.717, 1.165) is 35.8 Å². The molecule has 27 heavy (non-hydrogen) atoms. The van der Waals surface area contributed by atoms with Crippen molar-refractivity contribution in [1.82, 2.24) is 10.3 Å². The maximum atomic E-state index is 12.5. The van der Waals surface area contributed by atoms with E-state index in [2.05, 4.69) is 60.2 Å². The molecule has 0 bridgehead atoms. The Bertz CT molecular complexity index is 794. The Morgan fingerprint density at radius 3 is 2.37 bits per heavy atom. The Kier molecular flexibility index (Phi) is 4.97. The highest BCUT2D eigenvalue weighted by atomic mass is 32.1. The quantitative estimate of drug-likeness (QED) is 0.831. The lowest BCUT2D eigenvalue weighted by molar-refractivity contribution is 0.0935. The van der Waals surface area contributed by atoms with Gasteiger partial charge in [-0.05, 0) is 48.8 Å². The molecule has 0 atom stereocenters. The summed E-state index contributed by atoms with van der Waals surface area (Å²) in [6.07, 6.45) is 6.18. The smallest absolute Gasteiger partial charge is 0.263 e. The van der Waals surface area contributed by atoms with Gasteiger partial charge in [0, 0.05) is 30.7 Å². The summed E-state index contributed by atoms with van der Waals surface area (Å²) >= 11 is 1.57. The zero-order chi connectivity index (χ0) is 19.0. The molecule has 1 N–H and O–H groups in total. The normalized spacial score (nSPS) is 18.6. The lowest BCUT2D eigenvalue weighted by Crippen LogP contribution is -2.44. The number of carbonyl (C=O) groups excluding carboxylic acids is 1. The van der Waals surface area contributed by atoms with Gasteiger partial charge in [-0.15, -0.1) is 11.3 Å². The average molecular weight is 384 g/mol. The molecule has 5 heteroatoms. The number of hydrogen-bond donors (Lipinski definition) is 1. The lowest BCUT2D eigenvalue weighted by Gasteiger charge is -2.34. The number of nitrogens with zero attached hydrogens (tertiary/aromatic N) is 2. The largest absolute Gasteiger partial charge is 0.371 e. The van der Waals surface area contributed by atoms with Crippen LogP contribution in [-0.4, -0.2) is 30.0 Å². The molecule has 0 spiro atoms. The zero-order valence-corrected chi connectivity index (χ0v) is 17.3. The standard InChI is InChI=1S/C22H29N3OS/c1-22(2,3)16-6-8-18(9-7-16)25-12-10-17(11-13-25)24-20(26)19-14-23-21(27-19)15-4-5-15/h6-9,14-15,17H,4-5,10-13H2,1-3H3,(H,24,26). The topological polar surface area (TPSA) is 45.2 Å².